The molecule has 0 aliphatic carbocycles. The summed E-state index contributed by atoms with van der Waals surface area (Å²) in [4.78, 5) is 0.479. The molecule has 0 aliphatic rings. The molecule has 0 spiro atoms. The largest absolute Gasteiger partial charge is 0.573 e. The summed E-state index contributed by atoms with van der Waals surface area (Å²) in [6.07, 6.45) is -4.91. The van der Waals surface area contributed by atoms with Gasteiger partial charge in [-0.15, -0.1) is 23.4 Å². The van der Waals surface area contributed by atoms with Crippen molar-refractivity contribution in [2.24, 2.45) is 0 Å². The molecule has 0 radical (unpaired) electrons. The summed E-state index contributed by atoms with van der Waals surface area (Å²) >= 11 is 2.74. The Labute approximate surface area is 160 Å². The lowest BCUT2D eigenvalue weighted by Crippen LogP contribution is -2.18. The van der Waals surface area contributed by atoms with Crippen LogP contribution in [0.25, 0.3) is 0 Å². The molecule has 3 aromatic rings. The van der Waals surface area contributed by atoms with E-state index in [-0.39, 0.29) is 10.6 Å². The fraction of sp³-hybridized carbons (Fsp3) is 0.0667. The molecule has 6 nitrogen and oxygen atoms in total. The van der Waals surface area contributed by atoms with Gasteiger partial charge in [-0.3, -0.25) is 4.72 Å². The van der Waals surface area contributed by atoms with Gasteiger partial charge in [0.15, 0.2) is 4.34 Å². The molecule has 1 N–H and O–H groups in total. The number of hydrogen-bond acceptors (Lipinski definition) is 7. The Morgan fingerprint density at radius 2 is 1.85 bits per heavy atom. The molecule has 142 valence electrons. The number of sulfonamides is 1. The molecule has 0 saturated carbocycles. The van der Waals surface area contributed by atoms with E-state index in [0.29, 0.717) is 0 Å². The summed E-state index contributed by atoms with van der Waals surface area (Å²) in [7, 11) is -4.08. The van der Waals surface area contributed by atoms with E-state index in [0.717, 1.165) is 27.4 Å². The van der Waals surface area contributed by atoms with Gasteiger partial charge in [-0.05, 0) is 36.4 Å². The maximum absolute atomic E-state index is 12.4. The maximum atomic E-state index is 12.4. The second kappa shape index (κ2) is 7.74. The van der Waals surface area contributed by atoms with Crippen molar-refractivity contribution in [1.29, 1.82) is 0 Å². The second-order valence-corrected chi connectivity index (χ2v) is 8.80. The Bertz CT molecular complexity index is 1010. The highest BCUT2D eigenvalue weighted by molar-refractivity contribution is 8.01. The molecule has 0 bridgehead atoms. The standard InChI is InChI=1S/C15H10F3N3O3S3/c16-15(17,18)24-11-2-1-3-13(8-11)27(22,23)21-10-4-6-12(7-5-10)26-14-20-19-9-25-14/h1-9,21H. The third kappa shape index (κ3) is 5.58. The third-order valence-corrected chi connectivity index (χ3v) is 6.17. The maximum Gasteiger partial charge on any atom is 0.573 e. The van der Waals surface area contributed by atoms with Crippen LogP contribution >= 0.6 is 23.1 Å². The van der Waals surface area contributed by atoms with Crippen molar-refractivity contribution >= 4 is 38.8 Å². The Morgan fingerprint density at radius 3 is 2.48 bits per heavy atom. The lowest BCUT2D eigenvalue weighted by molar-refractivity contribution is -0.274. The van der Waals surface area contributed by atoms with Gasteiger partial charge in [0.1, 0.15) is 11.3 Å². The first kappa shape index (κ1) is 19.5. The van der Waals surface area contributed by atoms with Crippen LogP contribution in [0.3, 0.4) is 0 Å². The van der Waals surface area contributed by atoms with Crippen LogP contribution in [-0.4, -0.2) is 25.0 Å². The summed E-state index contributed by atoms with van der Waals surface area (Å²) < 4.78 is 68.5. The van der Waals surface area contributed by atoms with E-state index in [9.17, 15) is 21.6 Å². The average molecular weight is 433 g/mol. The topological polar surface area (TPSA) is 81.2 Å². The van der Waals surface area contributed by atoms with Crippen LogP contribution in [0.5, 0.6) is 5.75 Å². The molecule has 1 aromatic heterocycles. The van der Waals surface area contributed by atoms with Crippen molar-refractivity contribution in [1.82, 2.24) is 10.2 Å². The second-order valence-electron chi connectivity index (χ2n) is 4.96. The first-order valence-corrected chi connectivity index (χ1v) is 10.3. The summed E-state index contributed by atoms with van der Waals surface area (Å²) in [6.45, 7) is 0. The number of halogens is 3. The molecule has 0 unspecified atom stereocenters. The smallest absolute Gasteiger partial charge is 0.406 e. The summed E-state index contributed by atoms with van der Waals surface area (Å²) in [5, 5.41) is 7.62. The highest BCUT2D eigenvalue weighted by atomic mass is 32.2. The predicted octanol–water partition coefficient (Wildman–Crippen LogP) is 4.39. The molecular formula is C15H10F3N3O3S3. The molecule has 3 rings (SSSR count). The van der Waals surface area contributed by atoms with Gasteiger partial charge < -0.3 is 4.74 Å². The number of hydrogen-bond donors (Lipinski definition) is 1. The highest BCUT2D eigenvalue weighted by Gasteiger charge is 2.31. The monoisotopic (exact) mass is 433 g/mol. The van der Waals surface area contributed by atoms with Crippen LogP contribution in [0.2, 0.25) is 0 Å². The molecule has 0 aliphatic heterocycles. The van der Waals surface area contributed by atoms with Crippen molar-refractivity contribution < 1.29 is 26.3 Å². The van der Waals surface area contributed by atoms with Gasteiger partial charge in [-0.1, -0.05) is 29.2 Å². The number of nitrogens with zero attached hydrogens (tertiary/aromatic N) is 2. The zero-order chi connectivity index (χ0) is 19.5. The van der Waals surface area contributed by atoms with Crippen LogP contribution < -0.4 is 9.46 Å². The van der Waals surface area contributed by atoms with Gasteiger partial charge in [0, 0.05) is 16.6 Å². The molecule has 0 saturated heterocycles. The van der Waals surface area contributed by atoms with Crippen LogP contribution in [0.15, 0.2) is 68.2 Å². The third-order valence-electron chi connectivity index (χ3n) is 3.00. The van der Waals surface area contributed by atoms with E-state index in [1.165, 1.54) is 41.3 Å². The van der Waals surface area contributed by atoms with Crippen molar-refractivity contribution in [3.63, 3.8) is 0 Å². The molecule has 0 atom stereocenters. The minimum atomic E-state index is -4.91. The molecular weight excluding hydrogens is 423 g/mol. The molecule has 2 aromatic carbocycles. The van der Waals surface area contributed by atoms with Crippen LogP contribution in [0.1, 0.15) is 0 Å². The van der Waals surface area contributed by atoms with Gasteiger partial charge in [-0.2, -0.15) is 0 Å². The quantitative estimate of drug-likeness (QED) is 0.621. The van der Waals surface area contributed by atoms with Gasteiger partial charge >= 0.3 is 6.36 Å². The van der Waals surface area contributed by atoms with E-state index < -0.39 is 22.1 Å². The average Bonchev–Trinajstić information content (AvgIpc) is 3.08. The Balaban J connectivity index is 1.73. The van der Waals surface area contributed by atoms with Gasteiger partial charge in [0.05, 0.1) is 4.90 Å². The van der Waals surface area contributed by atoms with Crippen LogP contribution in [0, 0.1) is 0 Å². The highest BCUT2D eigenvalue weighted by Crippen LogP contribution is 2.30. The van der Waals surface area contributed by atoms with E-state index >= 15 is 0 Å². The minimum Gasteiger partial charge on any atom is -0.406 e. The summed E-state index contributed by atoms with van der Waals surface area (Å²) in [6, 6.07) is 10.6. The normalized spacial score (nSPS) is 12.0. The fourth-order valence-electron chi connectivity index (χ4n) is 1.95. The summed E-state index contributed by atoms with van der Waals surface area (Å²) in [5.74, 6) is -0.616. The number of alkyl halides is 3. The van der Waals surface area contributed by atoms with Crippen molar-refractivity contribution in [2.75, 3.05) is 4.72 Å². The SMILES string of the molecule is O=S(=O)(Nc1ccc(Sc2nncs2)cc1)c1cccc(OC(F)(F)F)c1. The van der Waals surface area contributed by atoms with Crippen LogP contribution in [-0.2, 0) is 10.0 Å². The fourth-order valence-corrected chi connectivity index (χ4v) is 4.50. The molecule has 12 heteroatoms. The predicted molar refractivity (Wildman–Crippen MR) is 94.4 cm³/mol. The number of benzene rings is 2. The Morgan fingerprint density at radius 1 is 1.11 bits per heavy atom. The van der Waals surface area contributed by atoms with Gasteiger partial charge in [-0.25, -0.2) is 8.42 Å². The van der Waals surface area contributed by atoms with E-state index in [2.05, 4.69) is 19.7 Å². The van der Waals surface area contributed by atoms with Gasteiger partial charge in [0.25, 0.3) is 10.0 Å². The molecule has 0 amide bonds. The zero-order valence-corrected chi connectivity index (χ0v) is 15.6. The first-order chi connectivity index (χ1) is 12.7. The molecule has 1 heterocycles. The lowest BCUT2D eigenvalue weighted by atomic mass is 10.3. The van der Waals surface area contributed by atoms with E-state index in [4.69, 9.17) is 0 Å². The van der Waals surface area contributed by atoms with Crippen molar-refractivity contribution in [3.05, 3.63) is 54.0 Å². The first-order valence-electron chi connectivity index (χ1n) is 7.14. The summed E-state index contributed by atoms with van der Waals surface area (Å²) in [5.41, 5.74) is 1.86. The van der Waals surface area contributed by atoms with Gasteiger partial charge in [0.2, 0.25) is 0 Å². The number of ether oxygens (including phenoxy) is 1. The molecule has 0 fully saturated rings. The Hall–Kier alpha value is -2.31. The number of aromatic nitrogens is 2. The van der Waals surface area contributed by atoms with Crippen molar-refractivity contribution in [3.8, 4) is 5.75 Å². The molecule has 27 heavy (non-hydrogen) atoms. The minimum absolute atomic E-state index is 0.263. The van der Waals surface area contributed by atoms with E-state index in [1.54, 1.807) is 17.6 Å². The number of anilines is 1. The van der Waals surface area contributed by atoms with Crippen LogP contribution in [0.4, 0.5) is 18.9 Å². The number of rotatable bonds is 6. The Kier molecular flexibility index (Phi) is 5.58. The number of nitrogens with one attached hydrogen (secondary N) is 1. The van der Waals surface area contributed by atoms with E-state index in [1.807, 2.05) is 0 Å². The van der Waals surface area contributed by atoms with Crippen molar-refractivity contribution in [2.45, 2.75) is 20.5 Å². The lowest BCUT2D eigenvalue weighted by Gasteiger charge is -2.12. The zero-order valence-electron chi connectivity index (χ0n) is 13.2.